The zero-order valence-electron chi connectivity index (χ0n) is 12.4. The van der Waals surface area contributed by atoms with Gasteiger partial charge in [0.1, 0.15) is 5.75 Å². The molecule has 106 valence electrons. The molecule has 1 aromatic rings. The molecule has 1 aromatic carbocycles. The highest BCUT2D eigenvalue weighted by Gasteiger charge is 2.18. The third kappa shape index (κ3) is 5.35. The Hall–Kier alpha value is -0.830. The molecular weight excluding hydrogens is 304 g/mol. The van der Waals surface area contributed by atoms with Crippen molar-refractivity contribution in [2.24, 2.45) is 11.3 Å². The first kappa shape index (κ1) is 16.2. The average molecular weight is 327 g/mol. The van der Waals surface area contributed by atoms with Gasteiger partial charge in [-0.05, 0) is 51.9 Å². The number of rotatable bonds is 5. The lowest BCUT2D eigenvalue weighted by atomic mass is 9.83. The molecule has 1 rings (SSSR count). The van der Waals surface area contributed by atoms with Gasteiger partial charge in [0.15, 0.2) is 5.78 Å². The molecule has 0 saturated carbocycles. The van der Waals surface area contributed by atoms with E-state index in [0.29, 0.717) is 12.3 Å². The molecule has 0 radical (unpaired) electrons. The van der Waals surface area contributed by atoms with Crippen molar-refractivity contribution >= 4 is 21.7 Å². The molecule has 2 nitrogen and oxygen atoms in total. The Morgan fingerprint density at radius 2 is 2.00 bits per heavy atom. The molecule has 0 amide bonds. The number of ketones is 1. The first-order valence-corrected chi connectivity index (χ1v) is 7.39. The van der Waals surface area contributed by atoms with E-state index >= 15 is 0 Å². The quantitative estimate of drug-likeness (QED) is 0.703. The molecule has 3 heteroatoms. The molecule has 0 aliphatic rings. The van der Waals surface area contributed by atoms with Gasteiger partial charge < -0.3 is 4.74 Å². The number of benzene rings is 1. The standard InChI is InChI=1S/C16H23BrO2/c1-11(10-16(2,3)4)8-14(18)12-6-7-15(19-5)13(17)9-12/h6-7,9,11H,8,10H2,1-5H3. The van der Waals surface area contributed by atoms with Crippen LogP contribution >= 0.6 is 15.9 Å². The van der Waals surface area contributed by atoms with Crippen molar-refractivity contribution in [3.05, 3.63) is 28.2 Å². The molecular formula is C16H23BrO2. The Morgan fingerprint density at radius 1 is 1.37 bits per heavy atom. The second-order valence-electron chi connectivity index (χ2n) is 6.35. The molecule has 0 aromatic heterocycles. The van der Waals surface area contributed by atoms with Gasteiger partial charge in [-0.1, -0.05) is 27.7 Å². The first-order chi connectivity index (χ1) is 8.73. The van der Waals surface area contributed by atoms with Crippen LogP contribution in [0.1, 0.15) is 50.9 Å². The molecule has 0 aliphatic carbocycles. The smallest absolute Gasteiger partial charge is 0.163 e. The van der Waals surface area contributed by atoms with Gasteiger partial charge in [-0.3, -0.25) is 4.79 Å². The summed E-state index contributed by atoms with van der Waals surface area (Å²) in [4.78, 5) is 12.2. The van der Waals surface area contributed by atoms with E-state index in [1.165, 1.54) is 0 Å². The Labute approximate surface area is 124 Å². The molecule has 0 saturated heterocycles. The monoisotopic (exact) mass is 326 g/mol. The average Bonchev–Trinajstić information content (AvgIpc) is 2.26. The van der Waals surface area contributed by atoms with Gasteiger partial charge in [-0.15, -0.1) is 0 Å². The summed E-state index contributed by atoms with van der Waals surface area (Å²) in [7, 11) is 1.62. The predicted molar refractivity (Wildman–Crippen MR) is 82.9 cm³/mol. The van der Waals surface area contributed by atoms with Crippen LogP contribution in [0.4, 0.5) is 0 Å². The van der Waals surface area contributed by atoms with Crippen LogP contribution in [0.2, 0.25) is 0 Å². The number of halogens is 1. The van der Waals surface area contributed by atoms with Gasteiger partial charge in [0.05, 0.1) is 11.6 Å². The highest BCUT2D eigenvalue weighted by atomic mass is 79.9. The van der Waals surface area contributed by atoms with Crippen molar-refractivity contribution in [2.45, 2.75) is 40.5 Å². The number of carbonyl (C=O) groups excluding carboxylic acids is 1. The zero-order chi connectivity index (χ0) is 14.6. The molecule has 0 N–H and O–H groups in total. The van der Waals surface area contributed by atoms with Gasteiger partial charge in [-0.2, -0.15) is 0 Å². The van der Waals surface area contributed by atoms with Crippen molar-refractivity contribution in [2.75, 3.05) is 7.11 Å². The van der Waals surface area contributed by atoms with E-state index in [-0.39, 0.29) is 11.2 Å². The largest absolute Gasteiger partial charge is 0.496 e. The summed E-state index contributed by atoms with van der Waals surface area (Å²) in [5.74, 6) is 1.34. The van der Waals surface area contributed by atoms with Crippen LogP contribution in [-0.2, 0) is 0 Å². The summed E-state index contributed by atoms with van der Waals surface area (Å²) in [6.07, 6.45) is 1.64. The molecule has 0 bridgehead atoms. The van der Waals surface area contributed by atoms with Gasteiger partial charge >= 0.3 is 0 Å². The molecule has 0 spiro atoms. The molecule has 0 fully saturated rings. The van der Waals surface area contributed by atoms with Crippen LogP contribution in [0, 0.1) is 11.3 Å². The zero-order valence-corrected chi connectivity index (χ0v) is 14.0. The first-order valence-electron chi connectivity index (χ1n) is 6.59. The number of Topliss-reactive ketones (excluding diaryl/α,β-unsaturated/α-hetero) is 1. The minimum absolute atomic E-state index is 0.195. The maximum Gasteiger partial charge on any atom is 0.163 e. The van der Waals surface area contributed by atoms with Crippen LogP contribution in [0.25, 0.3) is 0 Å². The summed E-state index contributed by atoms with van der Waals surface area (Å²) in [6, 6.07) is 5.49. The molecule has 19 heavy (non-hydrogen) atoms. The minimum atomic E-state index is 0.195. The maximum atomic E-state index is 12.2. The molecule has 1 atom stereocenters. The SMILES string of the molecule is COc1ccc(C(=O)CC(C)CC(C)(C)C)cc1Br. The van der Waals surface area contributed by atoms with E-state index in [0.717, 1.165) is 22.2 Å². The minimum Gasteiger partial charge on any atom is -0.496 e. The fourth-order valence-corrected chi connectivity index (χ4v) is 2.93. The molecule has 0 aliphatic heterocycles. The number of carbonyl (C=O) groups is 1. The fourth-order valence-electron chi connectivity index (χ4n) is 2.39. The fraction of sp³-hybridized carbons (Fsp3) is 0.562. The number of hydrogen-bond acceptors (Lipinski definition) is 2. The number of methoxy groups -OCH3 is 1. The van der Waals surface area contributed by atoms with Crippen LogP contribution < -0.4 is 4.74 Å². The summed E-state index contributed by atoms with van der Waals surface area (Å²) >= 11 is 3.41. The van der Waals surface area contributed by atoms with Crippen LogP contribution in [0.3, 0.4) is 0 Å². The van der Waals surface area contributed by atoms with E-state index in [4.69, 9.17) is 4.74 Å². The van der Waals surface area contributed by atoms with E-state index in [1.54, 1.807) is 7.11 Å². The molecule has 1 unspecified atom stereocenters. The lowest BCUT2D eigenvalue weighted by Crippen LogP contribution is -2.14. The second-order valence-corrected chi connectivity index (χ2v) is 7.20. The lowest BCUT2D eigenvalue weighted by Gasteiger charge is -2.22. The van der Waals surface area contributed by atoms with E-state index in [2.05, 4.69) is 43.6 Å². The van der Waals surface area contributed by atoms with Crippen LogP contribution in [0.15, 0.2) is 22.7 Å². The van der Waals surface area contributed by atoms with E-state index < -0.39 is 0 Å². The van der Waals surface area contributed by atoms with E-state index in [1.807, 2.05) is 18.2 Å². The Kier molecular flexibility index (Phi) is 5.60. The Bertz CT molecular complexity index is 447. The van der Waals surface area contributed by atoms with Gasteiger partial charge in [0.2, 0.25) is 0 Å². The van der Waals surface area contributed by atoms with Gasteiger partial charge in [0, 0.05) is 12.0 Å². The van der Waals surface area contributed by atoms with Crippen LogP contribution in [0.5, 0.6) is 5.75 Å². The number of hydrogen-bond donors (Lipinski definition) is 0. The second kappa shape index (κ2) is 6.56. The summed E-state index contributed by atoms with van der Waals surface area (Å²) < 4.78 is 5.99. The molecule has 0 heterocycles. The summed E-state index contributed by atoms with van der Waals surface area (Å²) in [6.45, 7) is 8.76. The third-order valence-corrected chi connectivity index (χ3v) is 3.59. The summed E-state index contributed by atoms with van der Waals surface area (Å²) in [5.41, 5.74) is 1.01. The Balaban J connectivity index is 2.71. The van der Waals surface area contributed by atoms with Crippen molar-refractivity contribution in [3.8, 4) is 5.75 Å². The highest BCUT2D eigenvalue weighted by molar-refractivity contribution is 9.10. The maximum absolute atomic E-state index is 12.2. The van der Waals surface area contributed by atoms with Crippen LogP contribution in [-0.4, -0.2) is 12.9 Å². The summed E-state index contributed by atoms with van der Waals surface area (Å²) in [5, 5.41) is 0. The van der Waals surface area contributed by atoms with Crippen molar-refractivity contribution < 1.29 is 9.53 Å². The topological polar surface area (TPSA) is 26.3 Å². The van der Waals surface area contributed by atoms with E-state index in [9.17, 15) is 4.79 Å². The number of ether oxygens (including phenoxy) is 1. The Morgan fingerprint density at radius 3 is 2.47 bits per heavy atom. The normalized spacial score (nSPS) is 13.2. The lowest BCUT2D eigenvalue weighted by molar-refractivity contribution is 0.0954. The van der Waals surface area contributed by atoms with Crippen molar-refractivity contribution in [3.63, 3.8) is 0 Å². The van der Waals surface area contributed by atoms with Crippen molar-refractivity contribution in [1.82, 2.24) is 0 Å². The third-order valence-electron chi connectivity index (χ3n) is 2.97. The van der Waals surface area contributed by atoms with Gasteiger partial charge in [0.25, 0.3) is 0 Å². The van der Waals surface area contributed by atoms with Crippen molar-refractivity contribution in [1.29, 1.82) is 0 Å². The predicted octanol–water partition coefficient (Wildman–Crippen LogP) is 5.10. The highest BCUT2D eigenvalue weighted by Crippen LogP contribution is 2.29. The van der Waals surface area contributed by atoms with Gasteiger partial charge in [-0.25, -0.2) is 0 Å².